The molecule has 37 heavy (non-hydrogen) atoms. The highest BCUT2D eigenvalue weighted by atomic mass is 16.4. The fraction of sp³-hybridized carbons (Fsp3) is 0.481. The molecular weight excluding hydrogens is 472 g/mol. The first kappa shape index (κ1) is 26.2. The first-order valence-corrected chi connectivity index (χ1v) is 12.9. The van der Waals surface area contributed by atoms with E-state index in [-0.39, 0.29) is 23.8 Å². The second-order valence-corrected chi connectivity index (χ2v) is 9.62. The summed E-state index contributed by atoms with van der Waals surface area (Å²) in [4.78, 5) is 43.0. The molecule has 10 heteroatoms. The van der Waals surface area contributed by atoms with E-state index in [0.717, 1.165) is 35.5 Å². The molecule has 1 aliphatic heterocycles. The molecule has 1 amide bonds. The zero-order valence-electron chi connectivity index (χ0n) is 21.7. The van der Waals surface area contributed by atoms with Gasteiger partial charge in [0.2, 0.25) is 5.91 Å². The van der Waals surface area contributed by atoms with Crippen LogP contribution >= 0.6 is 0 Å². The summed E-state index contributed by atoms with van der Waals surface area (Å²) in [5.74, 6) is -0.642. The number of nitrogens with zero attached hydrogens (tertiary/aromatic N) is 6. The molecule has 0 aromatic carbocycles. The topological polar surface area (TPSA) is 123 Å². The highest BCUT2D eigenvalue weighted by molar-refractivity contribution is 5.94. The molecule has 1 atom stereocenters. The van der Waals surface area contributed by atoms with Crippen molar-refractivity contribution >= 4 is 17.6 Å². The summed E-state index contributed by atoms with van der Waals surface area (Å²) in [7, 11) is 1.80. The maximum Gasteiger partial charge on any atom is 0.303 e. The number of carbonyl (C=O) groups excluding carboxylic acids is 1. The van der Waals surface area contributed by atoms with Gasteiger partial charge in [-0.05, 0) is 49.3 Å². The van der Waals surface area contributed by atoms with Crippen LogP contribution in [0.3, 0.4) is 0 Å². The summed E-state index contributed by atoms with van der Waals surface area (Å²) in [6.07, 6.45) is 6.14. The SMILES string of the molecule is CCCc1ccc(=O)n(Cc2c(-c3ccc(N4C[C@@H](CCC(=O)O)CCC4=O)c(CC)n3)nnn2C)c1. The number of carbonyl (C=O) groups is 2. The van der Waals surface area contributed by atoms with Crippen LogP contribution in [0.2, 0.25) is 0 Å². The minimum atomic E-state index is -0.817. The number of amides is 1. The molecule has 4 rings (SSSR count). The molecule has 0 aliphatic carbocycles. The van der Waals surface area contributed by atoms with Crippen LogP contribution in [-0.2, 0) is 36.0 Å². The van der Waals surface area contributed by atoms with E-state index in [4.69, 9.17) is 10.1 Å². The van der Waals surface area contributed by atoms with Crippen molar-refractivity contribution in [2.45, 2.75) is 65.3 Å². The molecule has 3 aromatic heterocycles. The van der Waals surface area contributed by atoms with Gasteiger partial charge in [-0.3, -0.25) is 14.4 Å². The quantitative estimate of drug-likeness (QED) is 0.448. The Morgan fingerprint density at radius 1 is 1.16 bits per heavy atom. The number of aliphatic carboxylic acids is 1. The van der Waals surface area contributed by atoms with E-state index in [0.29, 0.717) is 50.2 Å². The van der Waals surface area contributed by atoms with Crippen LogP contribution in [0.4, 0.5) is 5.69 Å². The Morgan fingerprint density at radius 2 is 1.97 bits per heavy atom. The fourth-order valence-corrected chi connectivity index (χ4v) is 4.90. The van der Waals surface area contributed by atoms with E-state index in [2.05, 4.69) is 17.2 Å². The van der Waals surface area contributed by atoms with Gasteiger partial charge in [0.1, 0.15) is 5.69 Å². The Morgan fingerprint density at radius 3 is 2.70 bits per heavy atom. The first-order valence-electron chi connectivity index (χ1n) is 12.9. The second-order valence-electron chi connectivity index (χ2n) is 9.62. The van der Waals surface area contributed by atoms with Gasteiger partial charge in [0, 0.05) is 38.7 Å². The van der Waals surface area contributed by atoms with Crippen molar-refractivity contribution in [1.29, 1.82) is 0 Å². The Kier molecular flexibility index (Phi) is 8.15. The van der Waals surface area contributed by atoms with Crippen molar-refractivity contribution in [3.8, 4) is 11.4 Å². The Hall–Kier alpha value is -3.82. The van der Waals surface area contributed by atoms with Gasteiger partial charge in [0.05, 0.1) is 29.3 Å². The molecule has 4 heterocycles. The molecule has 0 unspecified atom stereocenters. The number of carboxylic acid groups (broad SMARTS) is 1. The molecule has 0 bridgehead atoms. The number of rotatable bonds is 10. The van der Waals surface area contributed by atoms with Crippen LogP contribution in [0.15, 0.2) is 35.3 Å². The molecule has 196 valence electrons. The van der Waals surface area contributed by atoms with Crippen LogP contribution in [0.1, 0.15) is 62.9 Å². The molecule has 1 fully saturated rings. The molecule has 1 aliphatic rings. The number of hydrogen-bond donors (Lipinski definition) is 1. The lowest BCUT2D eigenvalue weighted by Crippen LogP contribution is -2.40. The summed E-state index contributed by atoms with van der Waals surface area (Å²) in [6, 6.07) is 7.19. The van der Waals surface area contributed by atoms with Gasteiger partial charge in [-0.15, -0.1) is 5.10 Å². The van der Waals surface area contributed by atoms with E-state index in [1.807, 2.05) is 31.3 Å². The van der Waals surface area contributed by atoms with Gasteiger partial charge in [0.15, 0.2) is 0 Å². The number of hydrogen-bond acceptors (Lipinski definition) is 6. The summed E-state index contributed by atoms with van der Waals surface area (Å²) in [5, 5.41) is 17.6. The van der Waals surface area contributed by atoms with E-state index < -0.39 is 5.97 Å². The normalized spacial score (nSPS) is 15.8. The monoisotopic (exact) mass is 506 g/mol. The third-order valence-electron chi connectivity index (χ3n) is 6.94. The highest BCUT2D eigenvalue weighted by Crippen LogP contribution is 2.31. The molecular formula is C27H34N6O4. The van der Waals surface area contributed by atoms with Crippen molar-refractivity contribution in [3.05, 3.63) is 57.8 Å². The van der Waals surface area contributed by atoms with Gasteiger partial charge in [0.25, 0.3) is 5.56 Å². The summed E-state index contributed by atoms with van der Waals surface area (Å²) < 4.78 is 3.34. The lowest BCUT2D eigenvalue weighted by Gasteiger charge is -2.33. The van der Waals surface area contributed by atoms with Crippen molar-refractivity contribution in [3.63, 3.8) is 0 Å². The number of piperidine rings is 1. The Balaban J connectivity index is 1.63. The van der Waals surface area contributed by atoms with Crippen LogP contribution in [0.25, 0.3) is 11.4 Å². The highest BCUT2D eigenvalue weighted by Gasteiger charge is 2.29. The number of aromatic nitrogens is 5. The van der Waals surface area contributed by atoms with E-state index in [1.54, 1.807) is 27.3 Å². The molecule has 10 nitrogen and oxygen atoms in total. The molecule has 1 saturated heterocycles. The zero-order chi connectivity index (χ0) is 26.5. The standard InChI is InChI=1S/C27H34N6O4/c1-4-6-18-7-12-24(34)32(15-18)17-23-27(29-30-31(23)3)21-10-11-22(20(5-2)28-21)33-16-19(8-13-25(33)35)9-14-26(36)37/h7,10-12,15,19H,4-6,8-9,13-14,16-17H2,1-3H3,(H,36,37)/t19-/m1/s1. The number of aryl methyl sites for hydroxylation is 3. The maximum absolute atomic E-state index is 12.8. The maximum atomic E-state index is 12.8. The van der Waals surface area contributed by atoms with E-state index in [1.165, 1.54) is 0 Å². The Bertz CT molecular complexity index is 1340. The van der Waals surface area contributed by atoms with Crippen molar-refractivity contribution in [1.82, 2.24) is 24.5 Å². The lowest BCUT2D eigenvalue weighted by molar-refractivity contribution is -0.137. The number of pyridine rings is 2. The lowest BCUT2D eigenvalue weighted by atomic mass is 9.92. The van der Waals surface area contributed by atoms with Gasteiger partial charge >= 0.3 is 5.97 Å². The third-order valence-corrected chi connectivity index (χ3v) is 6.94. The van der Waals surface area contributed by atoms with Gasteiger partial charge in [-0.2, -0.15) is 0 Å². The molecule has 1 N–H and O–H groups in total. The molecule has 3 aromatic rings. The number of carboxylic acids is 1. The average molecular weight is 507 g/mol. The third kappa shape index (κ3) is 5.95. The van der Waals surface area contributed by atoms with Gasteiger partial charge in [-0.25, -0.2) is 9.67 Å². The minimum absolute atomic E-state index is 0.0300. The van der Waals surface area contributed by atoms with E-state index in [9.17, 15) is 14.4 Å². The van der Waals surface area contributed by atoms with Crippen molar-refractivity contribution in [2.24, 2.45) is 13.0 Å². The van der Waals surface area contributed by atoms with Gasteiger partial charge in [-0.1, -0.05) is 31.5 Å². The zero-order valence-corrected chi connectivity index (χ0v) is 21.7. The van der Waals surface area contributed by atoms with Crippen LogP contribution in [-0.4, -0.2) is 48.1 Å². The predicted molar refractivity (Wildman–Crippen MR) is 139 cm³/mol. The molecule has 0 radical (unpaired) electrons. The average Bonchev–Trinajstić information content (AvgIpc) is 3.25. The summed E-state index contributed by atoms with van der Waals surface area (Å²) in [6.45, 7) is 4.90. The van der Waals surface area contributed by atoms with Crippen molar-refractivity contribution < 1.29 is 14.7 Å². The Labute approximate surface area is 215 Å². The largest absolute Gasteiger partial charge is 0.481 e. The fourth-order valence-electron chi connectivity index (χ4n) is 4.90. The number of anilines is 1. The minimum Gasteiger partial charge on any atom is -0.481 e. The second kappa shape index (κ2) is 11.5. The molecule has 0 saturated carbocycles. The predicted octanol–water partition coefficient (Wildman–Crippen LogP) is 3.21. The summed E-state index contributed by atoms with van der Waals surface area (Å²) >= 11 is 0. The van der Waals surface area contributed by atoms with Crippen LogP contribution in [0.5, 0.6) is 0 Å². The summed E-state index contributed by atoms with van der Waals surface area (Å²) in [5.41, 5.74) is 4.52. The van der Waals surface area contributed by atoms with Gasteiger partial charge < -0.3 is 14.6 Å². The molecule has 0 spiro atoms. The van der Waals surface area contributed by atoms with E-state index >= 15 is 0 Å². The van der Waals surface area contributed by atoms with Crippen LogP contribution < -0.4 is 10.5 Å². The smallest absolute Gasteiger partial charge is 0.303 e. The first-order chi connectivity index (χ1) is 17.8. The van der Waals surface area contributed by atoms with Crippen molar-refractivity contribution in [2.75, 3.05) is 11.4 Å². The van der Waals surface area contributed by atoms with Crippen LogP contribution in [0, 0.1) is 5.92 Å².